The van der Waals surface area contributed by atoms with Crippen LogP contribution < -0.4 is 0 Å². The molecule has 0 bridgehead atoms. The van der Waals surface area contributed by atoms with Crippen LogP contribution in [0, 0.1) is 5.82 Å². The second-order valence-corrected chi connectivity index (χ2v) is 8.00. The summed E-state index contributed by atoms with van der Waals surface area (Å²) in [5.74, 6) is -3.24. The quantitative estimate of drug-likeness (QED) is 0.747. The number of sulfonamides is 1. The molecule has 0 radical (unpaired) electrons. The Morgan fingerprint density at radius 3 is 2.69 bits per heavy atom. The zero-order valence-corrected chi connectivity index (χ0v) is 14.2. The number of hydrogen-bond acceptors (Lipinski definition) is 5. The summed E-state index contributed by atoms with van der Waals surface area (Å²) < 4.78 is 81.9. The van der Waals surface area contributed by atoms with Gasteiger partial charge in [0.25, 0.3) is 0 Å². The number of hydrogen-bond donors (Lipinski definition) is 0. The lowest BCUT2D eigenvalue weighted by Crippen LogP contribution is -2.39. The van der Waals surface area contributed by atoms with Gasteiger partial charge in [0.15, 0.2) is 0 Å². The lowest BCUT2D eigenvalue weighted by Gasteiger charge is -2.30. The van der Waals surface area contributed by atoms with Crippen molar-refractivity contribution in [3.63, 3.8) is 0 Å². The summed E-state index contributed by atoms with van der Waals surface area (Å²) in [5.41, 5.74) is 0.296. The highest BCUT2D eigenvalue weighted by molar-refractivity contribution is 7.88. The molecule has 1 aromatic heterocycles. The van der Waals surface area contributed by atoms with Gasteiger partial charge in [-0.1, -0.05) is 12.1 Å². The molecule has 1 saturated heterocycles. The number of halogens is 4. The Labute approximate surface area is 146 Å². The van der Waals surface area contributed by atoms with Crippen LogP contribution in [0.5, 0.6) is 0 Å². The van der Waals surface area contributed by atoms with Crippen molar-refractivity contribution >= 4 is 10.0 Å². The maximum atomic E-state index is 13.2. The first-order valence-electron chi connectivity index (χ1n) is 7.78. The number of aromatic nitrogens is 2. The van der Waals surface area contributed by atoms with Crippen molar-refractivity contribution in [1.29, 1.82) is 0 Å². The molecule has 0 aliphatic carbocycles. The van der Waals surface area contributed by atoms with E-state index in [4.69, 9.17) is 0 Å². The molecule has 0 amide bonds. The number of benzene rings is 1. The Balaban J connectivity index is 1.74. The second kappa shape index (κ2) is 6.95. The maximum absolute atomic E-state index is 13.2. The van der Waals surface area contributed by atoms with E-state index in [1.165, 1.54) is 22.5 Å². The minimum absolute atomic E-state index is 0.0584. The van der Waals surface area contributed by atoms with Crippen molar-refractivity contribution in [2.45, 2.75) is 30.7 Å². The van der Waals surface area contributed by atoms with Gasteiger partial charge in [-0.15, -0.1) is 10.2 Å². The first-order chi connectivity index (χ1) is 12.1. The van der Waals surface area contributed by atoms with Crippen molar-refractivity contribution in [3.05, 3.63) is 47.4 Å². The van der Waals surface area contributed by atoms with Gasteiger partial charge in [-0.05, 0) is 30.5 Å². The minimum atomic E-state index is -4.75. The molecule has 1 aromatic carbocycles. The van der Waals surface area contributed by atoms with E-state index in [1.807, 2.05) is 0 Å². The van der Waals surface area contributed by atoms with E-state index in [9.17, 15) is 26.0 Å². The summed E-state index contributed by atoms with van der Waals surface area (Å²) in [5, 5.41) is 6.39. The molecule has 6 nitrogen and oxygen atoms in total. The Hall–Kier alpha value is -2.01. The third kappa shape index (κ3) is 4.21. The molecule has 1 atom stereocenters. The first-order valence-corrected chi connectivity index (χ1v) is 9.39. The molecule has 0 saturated carbocycles. The lowest BCUT2D eigenvalue weighted by atomic mass is 10.00. The third-order valence-electron chi connectivity index (χ3n) is 4.05. The molecule has 2 aromatic rings. The maximum Gasteiger partial charge on any atom is 0.470 e. The number of rotatable bonds is 4. The SMILES string of the molecule is O=S(=O)(Cc1cccc(F)c1)N1CCC[C@H](c2nnc(C(F)(F)F)o2)C1. The zero-order valence-electron chi connectivity index (χ0n) is 13.4. The molecular formula is C15H15F4N3O3S. The third-order valence-corrected chi connectivity index (χ3v) is 5.86. The Kier molecular flexibility index (Phi) is 5.02. The van der Waals surface area contributed by atoms with Gasteiger partial charge in [-0.2, -0.15) is 13.2 Å². The monoisotopic (exact) mass is 393 g/mol. The van der Waals surface area contributed by atoms with Crippen LogP contribution in [-0.4, -0.2) is 36.0 Å². The number of nitrogens with zero attached hydrogens (tertiary/aromatic N) is 3. The van der Waals surface area contributed by atoms with Crippen LogP contribution in [0.4, 0.5) is 17.6 Å². The van der Waals surface area contributed by atoms with E-state index in [0.29, 0.717) is 18.4 Å². The zero-order chi connectivity index (χ0) is 18.9. The molecule has 11 heteroatoms. The van der Waals surface area contributed by atoms with Gasteiger partial charge in [-0.25, -0.2) is 17.1 Å². The first kappa shape index (κ1) is 18.8. The van der Waals surface area contributed by atoms with Gasteiger partial charge in [0, 0.05) is 13.1 Å². The largest absolute Gasteiger partial charge is 0.470 e. The molecule has 0 spiro atoms. The van der Waals surface area contributed by atoms with E-state index in [0.717, 1.165) is 6.07 Å². The van der Waals surface area contributed by atoms with Crippen LogP contribution in [0.1, 0.15) is 36.1 Å². The normalized spacial score (nSPS) is 19.6. The molecule has 1 aliphatic rings. The van der Waals surface area contributed by atoms with E-state index in [2.05, 4.69) is 14.6 Å². The standard InChI is InChI=1S/C15H15F4N3O3S/c16-12-5-1-3-10(7-12)9-26(23,24)22-6-2-4-11(8-22)13-20-21-14(25-13)15(17,18)19/h1,3,5,7,11H,2,4,6,8-9H2/t11-/m0/s1. The highest BCUT2D eigenvalue weighted by Gasteiger charge is 2.40. The summed E-state index contributed by atoms with van der Waals surface area (Å²) >= 11 is 0. The average Bonchev–Trinajstić information content (AvgIpc) is 3.05. The van der Waals surface area contributed by atoms with Crippen LogP contribution in [0.15, 0.2) is 28.7 Å². The molecule has 2 heterocycles. The summed E-state index contributed by atoms with van der Waals surface area (Å²) in [6, 6.07) is 5.25. The summed E-state index contributed by atoms with van der Waals surface area (Å²) in [7, 11) is -3.76. The van der Waals surface area contributed by atoms with Gasteiger partial charge >= 0.3 is 12.1 Å². The number of alkyl halides is 3. The molecular weight excluding hydrogens is 378 g/mol. The van der Waals surface area contributed by atoms with Crippen molar-refractivity contribution in [2.75, 3.05) is 13.1 Å². The molecule has 0 N–H and O–H groups in total. The fraction of sp³-hybridized carbons (Fsp3) is 0.467. The van der Waals surface area contributed by atoms with Crippen LogP contribution in [0.2, 0.25) is 0 Å². The summed E-state index contributed by atoms with van der Waals surface area (Å²) in [6.07, 6.45) is -3.87. The van der Waals surface area contributed by atoms with Gasteiger partial charge in [0.05, 0.1) is 11.7 Å². The molecule has 0 unspecified atom stereocenters. The second-order valence-electron chi connectivity index (χ2n) is 6.03. The van der Waals surface area contributed by atoms with Crippen LogP contribution in [0.3, 0.4) is 0 Å². The lowest BCUT2D eigenvalue weighted by molar-refractivity contribution is -0.157. The summed E-state index contributed by atoms with van der Waals surface area (Å²) in [6.45, 7) is 0.172. The topological polar surface area (TPSA) is 76.3 Å². The average molecular weight is 393 g/mol. The smallest absolute Gasteiger partial charge is 0.417 e. The van der Waals surface area contributed by atoms with Gasteiger partial charge in [0.1, 0.15) is 5.82 Å². The van der Waals surface area contributed by atoms with Crippen molar-refractivity contribution in [2.24, 2.45) is 0 Å². The van der Waals surface area contributed by atoms with Crippen molar-refractivity contribution in [1.82, 2.24) is 14.5 Å². The fourth-order valence-electron chi connectivity index (χ4n) is 2.84. The number of piperidine rings is 1. The minimum Gasteiger partial charge on any atom is -0.417 e. The van der Waals surface area contributed by atoms with E-state index < -0.39 is 39.6 Å². The molecule has 1 aliphatic heterocycles. The molecule has 142 valence electrons. The van der Waals surface area contributed by atoms with Gasteiger partial charge in [-0.3, -0.25) is 0 Å². The van der Waals surface area contributed by atoms with Crippen LogP contribution >= 0.6 is 0 Å². The Bertz CT molecular complexity index is 882. The van der Waals surface area contributed by atoms with E-state index in [1.54, 1.807) is 0 Å². The van der Waals surface area contributed by atoms with E-state index in [-0.39, 0.29) is 19.0 Å². The van der Waals surface area contributed by atoms with Crippen molar-refractivity contribution in [3.8, 4) is 0 Å². The highest BCUT2D eigenvalue weighted by Crippen LogP contribution is 2.32. The fourth-order valence-corrected chi connectivity index (χ4v) is 4.44. The van der Waals surface area contributed by atoms with Crippen molar-refractivity contribution < 1.29 is 30.4 Å². The van der Waals surface area contributed by atoms with Crippen LogP contribution in [-0.2, 0) is 22.0 Å². The van der Waals surface area contributed by atoms with Gasteiger partial charge in [0.2, 0.25) is 15.9 Å². The Morgan fingerprint density at radius 1 is 1.27 bits per heavy atom. The highest BCUT2D eigenvalue weighted by atomic mass is 32.2. The molecule has 1 fully saturated rings. The molecule has 26 heavy (non-hydrogen) atoms. The van der Waals surface area contributed by atoms with E-state index >= 15 is 0 Å². The predicted molar refractivity (Wildman–Crippen MR) is 81.9 cm³/mol. The Morgan fingerprint density at radius 2 is 2.04 bits per heavy atom. The van der Waals surface area contributed by atoms with Gasteiger partial charge < -0.3 is 4.42 Å². The summed E-state index contributed by atoms with van der Waals surface area (Å²) in [4.78, 5) is 0. The predicted octanol–water partition coefficient (Wildman–Crippen LogP) is 2.94. The molecule has 3 rings (SSSR count). The van der Waals surface area contributed by atoms with Crippen LogP contribution in [0.25, 0.3) is 0 Å².